The van der Waals surface area contributed by atoms with Crippen molar-refractivity contribution >= 4 is 11.8 Å². The first kappa shape index (κ1) is 16.7. The number of aromatic nitrogens is 4. The highest BCUT2D eigenvalue weighted by Gasteiger charge is 2.15. The van der Waals surface area contributed by atoms with Crippen LogP contribution in [0.15, 0.2) is 38.4 Å². The summed E-state index contributed by atoms with van der Waals surface area (Å²) in [4.78, 5) is 4.25. The Hall–Kier alpha value is -2.15. The van der Waals surface area contributed by atoms with Gasteiger partial charge in [-0.15, -0.1) is 10.2 Å². The van der Waals surface area contributed by atoms with E-state index in [1.807, 2.05) is 19.1 Å². The van der Waals surface area contributed by atoms with Gasteiger partial charge >= 0.3 is 0 Å². The number of thioether (sulfide) groups is 1. The molecule has 0 saturated heterocycles. The SMILES string of the molecule is CCc1noc(CSc2nnc(-c3ccc(C(C)(C)C)cc3)o2)n1. The summed E-state index contributed by atoms with van der Waals surface area (Å²) < 4.78 is 10.8. The Bertz CT molecular complexity index is 803. The van der Waals surface area contributed by atoms with Crippen molar-refractivity contribution in [3.05, 3.63) is 41.5 Å². The summed E-state index contributed by atoms with van der Waals surface area (Å²) in [7, 11) is 0. The van der Waals surface area contributed by atoms with Crippen molar-refractivity contribution < 1.29 is 8.94 Å². The molecule has 0 N–H and O–H groups in total. The van der Waals surface area contributed by atoms with Gasteiger partial charge < -0.3 is 8.94 Å². The predicted octanol–water partition coefficient (Wildman–Crippen LogP) is 4.27. The zero-order valence-corrected chi connectivity index (χ0v) is 15.1. The van der Waals surface area contributed by atoms with Gasteiger partial charge in [-0.1, -0.05) is 56.7 Å². The molecule has 0 bridgehead atoms. The summed E-state index contributed by atoms with van der Waals surface area (Å²) in [5, 5.41) is 12.5. The van der Waals surface area contributed by atoms with Crippen molar-refractivity contribution in [3.63, 3.8) is 0 Å². The van der Waals surface area contributed by atoms with Gasteiger partial charge in [-0.2, -0.15) is 4.98 Å². The second-order valence-electron chi connectivity index (χ2n) is 6.45. The van der Waals surface area contributed by atoms with Crippen LogP contribution in [0.25, 0.3) is 11.5 Å². The van der Waals surface area contributed by atoms with E-state index in [2.05, 4.69) is 53.2 Å². The molecule has 3 aromatic rings. The molecule has 126 valence electrons. The topological polar surface area (TPSA) is 77.8 Å². The molecule has 1 aromatic carbocycles. The lowest BCUT2D eigenvalue weighted by Crippen LogP contribution is -2.10. The normalized spacial score (nSPS) is 11.8. The Kier molecular flexibility index (Phi) is 4.71. The molecule has 0 aliphatic heterocycles. The lowest BCUT2D eigenvalue weighted by molar-refractivity contribution is 0.384. The maximum Gasteiger partial charge on any atom is 0.277 e. The number of benzene rings is 1. The van der Waals surface area contributed by atoms with Gasteiger partial charge in [0.1, 0.15) is 0 Å². The van der Waals surface area contributed by atoms with Crippen molar-refractivity contribution in [2.45, 2.75) is 50.5 Å². The van der Waals surface area contributed by atoms with E-state index in [4.69, 9.17) is 8.94 Å². The first-order valence-electron chi connectivity index (χ1n) is 7.84. The zero-order valence-electron chi connectivity index (χ0n) is 14.2. The Morgan fingerprint density at radius 3 is 2.46 bits per heavy atom. The van der Waals surface area contributed by atoms with Crippen molar-refractivity contribution in [3.8, 4) is 11.5 Å². The summed E-state index contributed by atoms with van der Waals surface area (Å²) in [5.74, 6) is 2.29. The monoisotopic (exact) mass is 344 g/mol. The van der Waals surface area contributed by atoms with Gasteiger partial charge in [-0.3, -0.25) is 0 Å². The van der Waals surface area contributed by atoms with Crippen LogP contribution < -0.4 is 0 Å². The molecule has 2 heterocycles. The van der Waals surface area contributed by atoms with E-state index in [-0.39, 0.29) is 5.41 Å². The van der Waals surface area contributed by atoms with Crippen molar-refractivity contribution in [1.29, 1.82) is 0 Å². The fraction of sp³-hybridized carbons (Fsp3) is 0.412. The molecule has 0 unspecified atom stereocenters. The maximum absolute atomic E-state index is 5.70. The van der Waals surface area contributed by atoms with Crippen molar-refractivity contribution in [2.75, 3.05) is 0 Å². The first-order valence-corrected chi connectivity index (χ1v) is 8.83. The lowest BCUT2D eigenvalue weighted by Gasteiger charge is -2.18. The molecule has 0 atom stereocenters. The quantitative estimate of drug-likeness (QED) is 0.639. The Morgan fingerprint density at radius 2 is 1.83 bits per heavy atom. The minimum atomic E-state index is 0.121. The molecule has 24 heavy (non-hydrogen) atoms. The smallest absolute Gasteiger partial charge is 0.277 e. The number of rotatable bonds is 5. The molecule has 2 aromatic heterocycles. The number of hydrogen-bond acceptors (Lipinski definition) is 7. The molecular weight excluding hydrogens is 324 g/mol. The standard InChI is InChI=1S/C17H20N4O2S/c1-5-13-18-14(23-21-13)10-24-16-20-19-15(22-16)11-6-8-12(9-7-11)17(2,3)4/h6-9H,5,10H2,1-4H3. The number of aryl methyl sites for hydroxylation is 1. The molecule has 0 saturated carbocycles. The molecular formula is C17H20N4O2S. The number of hydrogen-bond donors (Lipinski definition) is 0. The van der Waals surface area contributed by atoms with Gasteiger partial charge in [0.25, 0.3) is 5.22 Å². The van der Waals surface area contributed by atoms with E-state index in [0.29, 0.717) is 28.6 Å². The highest BCUT2D eigenvalue weighted by atomic mass is 32.2. The van der Waals surface area contributed by atoms with E-state index in [9.17, 15) is 0 Å². The Balaban J connectivity index is 1.66. The molecule has 0 aliphatic carbocycles. The average molecular weight is 344 g/mol. The van der Waals surface area contributed by atoms with E-state index in [1.54, 1.807) is 0 Å². The zero-order chi connectivity index (χ0) is 17.2. The second kappa shape index (κ2) is 6.76. The predicted molar refractivity (Wildman–Crippen MR) is 91.7 cm³/mol. The lowest BCUT2D eigenvalue weighted by atomic mass is 9.87. The first-order chi connectivity index (χ1) is 11.5. The van der Waals surface area contributed by atoms with Crippen LogP contribution in [0.2, 0.25) is 0 Å². The largest absolute Gasteiger partial charge is 0.411 e. The van der Waals surface area contributed by atoms with E-state index in [1.165, 1.54) is 17.3 Å². The molecule has 0 spiro atoms. The van der Waals surface area contributed by atoms with Crippen LogP contribution in [-0.2, 0) is 17.6 Å². The van der Waals surface area contributed by atoms with Crippen molar-refractivity contribution in [2.24, 2.45) is 0 Å². The summed E-state index contributed by atoms with van der Waals surface area (Å²) in [5.41, 5.74) is 2.30. The van der Waals surface area contributed by atoms with Gasteiger partial charge in [-0.25, -0.2) is 0 Å². The van der Waals surface area contributed by atoms with Crippen LogP contribution >= 0.6 is 11.8 Å². The molecule has 3 rings (SSSR count). The number of nitrogens with zero attached hydrogens (tertiary/aromatic N) is 4. The fourth-order valence-electron chi connectivity index (χ4n) is 2.11. The summed E-state index contributed by atoms with van der Waals surface area (Å²) in [6.45, 7) is 8.54. The molecule has 0 aliphatic rings. The van der Waals surface area contributed by atoms with Crippen LogP contribution in [0.1, 0.15) is 45.0 Å². The minimum absolute atomic E-state index is 0.121. The minimum Gasteiger partial charge on any atom is -0.411 e. The van der Waals surface area contributed by atoms with Crippen LogP contribution in [0.5, 0.6) is 0 Å². The third-order valence-corrected chi connectivity index (χ3v) is 4.35. The molecule has 0 radical (unpaired) electrons. The van der Waals surface area contributed by atoms with Crippen LogP contribution in [-0.4, -0.2) is 20.3 Å². The fourth-order valence-corrected chi connectivity index (χ4v) is 2.71. The van der Waals surface area contributed by atoms with E-state index >= 15 is 0 Å². The van der Waals surface area contributed by atoms with Gasteiger partial charge in [0, 0.05) is 12.0 Å². The van der Waals surface area contributed by atoms with Gasteiger partial charge in [0.2, 0.25) is 11.8 Å². The van der Waals surface area contributed by atoms with Gasteiger partial charge in [0.05, 0.1) is 5.75 Å². The third-order valence-electron chi connectivity index (χ3n) is 3.55. The van der Waals surface area contributed by atoms with Crippen molar-refractivity contribution in [1.82, 2.24) is 20.3 Å². The van der Waals surface area contributed by atoms with Crippen LogP contribution in [0.4, 0.5) is 0 Å². The van der Waals surface area contributed by atoms with Gasteiger partial charge in [-0.05, 0) is 23.1 Å². The third kappa shape index (κ3) is 3.84. The maximum atomic E-state index is 5.70. The van der Waals surface area contributed by atoms with Gasteiger partial charge in [0.15, 0.2) is 5.82 Å². The Morgan fingerprint density at radius 1 is 1.08 bits per heavy atom. The second-order valence-corrected chi connectivity index (χ2v) is 7.37. The summed E-state index contributed by atoms with van der Waals surface area (Å²) >= 11 is 1.38. The molecule has 0 fully saturated rings. The molecule has 0 amide bonds. The summed E-state index contributed by atoms with van der Waals surface area (Å²) in [6, 6.07) is 8.20. The average Bonchev–Trinajstić information content (AvgIpc) is 3.21. The van der Waals surface area contributed by atoms with Crippen LogP contribution in [0.3, 0.4) is 0 Å². The molecule has 7 heteroatoms. The van der Waals surface area contributed by atoms with E-state index < -0.39 is 0 Å². The Labute approximate surface area is 145 Å². The highest BCUT2D eigenvalue weighted by Crippen LogP contribution is 2.28. The summed E-state index contributed by atoms with van der Waals surface area (Å²) in [6.07, 6.45) is 0.753. The molecule has 6 nitrogen and oxygen atoms in total. The van der Waals surface area contributed by atoms with Crippen LogP contribution in [0, 0.1) is 0 Å². The highest BCUT2D eigenvalue weighted by molar-refractivity contribution is 7.98. The van der Waals surface area contributed by atoms with E-state index in [0.717, 1.165) is 12.0 Å².